The Morgan fingerprint density at radius 2 is 2.14 bits per heavy atom. The van der Waals surface area contributed by atoms with E-state index in [4.69, 9.17) is 5.11 Å². The zero-order chi connectivity index (χ0) is 14.7. The summed E-state index contributed by atoms with van der Waals surface area (Å²) in [5.74, 6) is 5.55. The van der Waals surface area contributed by atoms with Gasteiger partial charge in [0.05, 0.1) is 29.3 Å². The normalized spacial score (nSPS) is 13.2. The Kier molecular flexibility index (Phi) is 3.91. The molecule has 2 aromatic rings. The summed E-state index contributed by atoms with van der Waals surface area (Å²) in [5.41, 5.74) is 1.89. The van der Waals surface area contributed by atoms with E-state index < -0.39 is 0 Å². The van der Waals surface area contributed by atoms with Gasteiger partial charge in [-0.2, -0.15) is 0 Å². The summed E-state index contributed by atoms with van der Waals surface area (Å²) in [6, 6.07) is 11.8. The number of nitrogens with zero attached hydrogens (tertiary/aromatic N) is 1. The number of aliphatic hydroxyl groups excluding tert-OH is 1. The molecule has 1 amide bonds. The number of aliphatic hydroxyl groups is 1. The molecule has 0 saturated heterocycles. The highest BCUT2D eigenvalue weighted by atomic mass is 32.1. The number of carbonyl (C=O) groups excluding carboxylic acids is 1. The van der Waals surface area contributed by atoms with Crippen LogP contribution in [0.4, 0.5) is 11.4 Å². The minimum absolute atomic E-state index is 0.00514. The number of hydrogen-bond donors (Lipinski definition) is 2. The van der Waals surface area contributed by atoms with Crippen molar-refractivity contribution in [3.8, 4) is 11.8 Å². The number of anilines is 2. The summed E-state index contributed by atoms with van der Waals surface area (Å²) in [4.78, 5) is 15.9. The molecule has 4 nitrogen and oxygen atoms in total. The average Bonchev–Trinajstić information content (AvgIpc) is 2.92. The molecular weight excluding hydrogens is 284 g/mol. The van der Waals surface area contributed by atoms with E-state index in [0.717, 1.165) is 21.1 Å². The van der Waals surface area contributed by atoms with Gasteiger partial charge in [-0.25, -0.2) is 0 Å². The van der Waals surface area contributed by atoms with E-state index >= 15 is 0 Å². The van der Waals surface area contributed by atoms with Crippen LogP contribution in [0.5, 0.6) is 0 Å². The maximum absolute atomic E-state index is 11.8. The van der Waals surface area contributed by atoms with E-state index in [9.17, 15) is 4.79 Å². The Morgan fingerprint density at radius 3 is 3.00 bits per heavy atom. The molecule has 1 aromatic carbocycles. The van der Waals surface area contributed by atoms with Gasteiger partial charge in [0, 0.05) is 4.88 Å². The first kappa shape index (κ1) is 13.7. The molecule has 21 heavy (non-hydrogen) atoms. The molecule has 0 radical (unpaired) electrons. The largest absolute Gasteiger partial charge is 0.384 e. The fourth-order valence-electron chi connectivity index (χ4n) is 2.29. The van der Waals surface area contributed by atoms with Gasteiger partial charge in [-0.1, -0.05) is 24.0 Å². The van der Waals surface area contributed by atoms with Crippen molar-refractivity contribution in [2.75, 3.05) is 23.4 Å². The van der Waals surface area contributed by atoms with Crippen LogP contribution >= 0.6 is 11.3 Å². The molecular formula is C16H14N2O2S. The standard InChI is InChI=1S/C16H14N2O2S/c19-9-3-4-12-7-8-13(21-12)10-18-11-16(20)17-14-5-1-2-6-15(14)18/h1-2,5-8,19H,9-11H2,(H,17,20). The highest BCUT2D eigenvalue weighted by molar-refractivity contribution is 7.12. The second-order valence-corrected chi connectivity index (χ2v) is 5.82. The van der Waals surface area contributed by atoms with Crippen LogP contribution < -0.4 is 10.2 Å². The molecule has 0 spiro atoms. The predicted octanol–water partition coefficient (Wildman–Crippen LogP) is 2.05. The number of benzene rings is 1. The van der Waals surface area contributed by atoms with Crippen molar-refractivity contribution in [1.82, 2.24) is 0 Å². The lowest BCUT2D eigenvalue weighted by Crippen LogP contribution is -2.37. The van der Waals surface area contributed by atoms with Crippen LogP contribution in [0, 0.1) is 11.8 Å². The van der Waals surface area contributed by atoms with Crippen LogP contribution in [0.2, 0.25) is 0 Å². The second-order valence-electron chi connectivity index (χ2n) is 4.65. The Bertz CT molecular complexity index is 727. The predicted molar refractivity (Wildman–Crippen MR) is 84.4 cm³/mol. The first-order valence-corrected chi connectivity index (χ1v) is 7.40. The van der Waals surface area contributed by atoms with Crippen molar-refractivity contribution < 1.29 is 9.90 Å². The lowest BCUT2D eigenvalue weighted by atomic mass is 10.2. The third kappa shape index (κ3) is 3.07. The Labute approximate surface area is 127 Å². The highest BCUT2D eigenvalue weighted by Gasteiger charge is 2.21. The SMILES string of the molecule is O=C1CN(Cc2ccc(C#CCO)s2)c2ccccc2N1. The van der Waals surface area contributed by atoms with Gasteiger partial charge >= 0.3 is 0 Å². The number of thiophene rings is 1. The molecule has 0 bridgehead atoms. The number of para-hydroxylation sites is 2. The molecule has 5 heteroatoms. The summed E-state index contributed by atoms with van der Waals surface area (Å²) in [6.07, 6.45) is 0. The topological polar surface area (TPSA) is 52.6 Å². The molecule has 2 heterocycles. The smallest absolute Gasteiger partial charge is 0.243 e. The minimum Gasteiger partial charge on any atom is -0.384 e. The summed E-state index contributed by atoms with van der Waals surface area (Å²) in [7, 11) is 0. The summed E-state index contributed by atoms with van der Waals surface area (Å²) in [5, 5.41) is 11.6. The first-order chi connectivity index (χ1) is 10.3. The lowest BCUT2D eigenvalue weighted by Gasteiger charge is -2.30. The minimum atomic E-state index is -0.132. The fraction of sp³-hybridized carbons (Fsp3) is 0.188. The van der Waals surface area contributed by atoms with Gasteiger partial charge < -0.3 is 15.3 Å². The molecule has 106 valence electrons. The average molecular weight is 298 g/mol. The van der Waals surface area contributed by atoms with Gasteiger partial charge in [0.15, 0.2) is 0 Å². The quantitative estimate of drug-likeness (QED) is 0.834. The van der Waals surface area contributed by atoms with Gasteiger partial charge in [0.25, 0.3) is 0 Å². The molecule has 3 rings (SSSR count). The van der Waals surface area contributed by atoms with Crippen LogP contribution in [0.3, 0.4) is 0 Å². The van der Waals surface area contributed by atoms with Gasteiger partial charge in [0.2, 0.25) is 5.91 Å². The second kappa shape index (κ2) is 6.00. The van der Waals surface area contributed by atoms with E-state index in [1.54, 1.807) is 11.3 Å². The fourth-order valence-corrected chi connectivity index (χ4v) is 3.19. The van der Waals surface area contributed by atoms with Crippen LogP contribution in [0.1, 0.15) is 9.75 Å². The molecule has 0 unspecified atom stereocenters. The van der Waals surface area contributed by atoms with Gasteiger partial charge in [-0.3, -0.25) is 4.79 Å². The number of carbonyl (C=O) groups is 1. The molecule has 0 saturated carbocycles. The molecule has 0 fully saturated rings. The number of nitrogens with one attached hydrogen (secondary N) is 1. The third-order valence-electron chi connectivity index (χ3n) is 3.15. The number of amides is 1. The number of rotatable bonds is 2. The van der Waals surface area contributed by atoms with Crippen molar-refractivity contribution in [3.05, 3.63) is 46.2 Å². The Balaban J connectivity index is 1.82. The van der Waals surface area contributed by atoms with Gasteiger partial charge in [-0.15, -0.1) is 11.3 Å². The van der Waals surface area contributed by atoms with E-state index in [2.05, 4.69) is 22.1 Å². The molecule has 0 atom stereocenters. The van der Waals surface area contributed by atoms with Crippen LogP contribution in [-0.2, 0) is 11.3 Å². The molecule has 1 aliphatic rings. The summed E-state index contributed by atoms with van der Waals surface area (Å²) < 4.78 is 0. The van der Waals surface area contributed by atoms with Gasteiger partial charge in [0.1, 0.15) is 6.61 Å². The van der Waals surface area contributed by atoms with Crippen molar-refractivity contribution >= 4 is 28.6 Å². The maximum Gasteiger partial charge on any atom is 0.243 e. The number of hydrogen-bond acceptors (Lipinski definition) is 4. The molecule has 2 N–H and O–H groups in total. The highest BCUT2D eigenvalue weighted by Crippen LogP contribution is 2.31. The van der Waals surface area contributed by atoms with Crippen molar-refractivity contribution in [1.29, 1.82) is 0 Å². The van der Waals surface area contributed by atoms with E-state index in [1.165, 1.54) is 0 Å². The van der Waals surface area contributed by atoms with E-state index in [-0.39, 0.29) is 12.5 Å². The van der Waals surface area contributed by atoms with E-state index in [1.807, 2.05) is 36.4 Å². The van der Waals surface area contributed by atoms with Gasteiger partial charge in [-0.05, 0) is 24.3 Å². The molecule has 1 aromatic heterocycles. The lowest BCUT2D eigenvalue weighted by molar-refractivity contribution is -0.115. The monoisotopic (exact) mass is 298 g/mol. The summed E-state index contributed by atoms with van der Waals surface area (Å²) >= 11 is 1.58. The van der Waals surface area contributed by atoms with Crippen LogP contribution in [-0.4, -0.2) is 24.2 Å². The Morgan fingerprint density at radius 1 is 1.29 bits per heavy atom. The van der Waals surface area contributed by atoms with Crippen molar-refractivity contribution in [2.45, 2.75) is 6.54 Å². The molecule has 1 aliphatic heterocycles. The van der Waals surface area contributed by atoms with Crippen molar-refractivity contribution in [3.63, 3.8) is 0 Å². The van der Waals surface area contributed by atoms with Crippen molar-refractivity contribution in [2.24, 2.45) is 0 Å². The van der Waals surface area contributed by atoms with E-state index in [0.29, 0.717) is 13.1 Å². The zero-order valence-electron chi connectivity index (χ0n) is 11.3. The maximum atomic E-state index is 11.8. The number of fused-ring (bicyclic) bond motifs is 1. The first-order valence-electron chi connectivity index (χ1n) is 6.58. The molecule has 0 aliphatic carbocycles. The summed E-state index contributed by atoms with van der Waals surface area (Å²) in [6.45, 7) is 0.898. The van der Waals surface area contributed by atoms with Crippen LogP contribution in [0.15, 0.2) is 36.4 Å². The Hall–Kier alpha value is -2.29. The van der Waals surface area contributed by atoms with Crippen LogP contribution in [0.25, 0.3) is 0 Å². The third-order valence-corrected chi connectivity index (χ3v) is 4.14. The zero-order valence-corrected chi connectivity index (χ0v) is 12.1.